The summed E-state index contributed by atoms with van der Waals surface area (Å²) >= 11 is 0. The van der Waals surface area contributed by atoms with Crippen molar-refractivity contribution in [3.8, 4) is 0 Å². The van der Waals surface area contributed by atoms with Gasteiger partial charge in [0.05, 0.1) is 12.4 Å². The molecule has 2 fully saturated rings. The van der Waals surface area contributed by atoms with Gasteiger partial charge in [0, 0.05) is 13.1 Å². The van der Waals surface area contributed by atoms with E-state index in [-0.39, 0.29) is 12.0 Å². The first-order valence-electron chi connectivity index (χ1n) is 6.30. The van der Waals surface area contributed by atoms with E-state index in [9.17, 15) is 13.2 Å². The van der Waals surface area contributed by atoms with Gasteiger partial charge in [0.15, 0.2) is 0 Å². The summed E-state index contributed by atoms with van der Waals surface area (Å²) < 4.78 is 24.3. The number of rotatable bonds is 4. The van der Waals surface area contributed by atoms with E-state index < -0.39 is 16.1 Å². The minimum atomic E-state index is -3.30. The number of nitrogens with zero attached hydrogens (tertiary/aromatic N) is 1. The van der Waals surface area contributed by atoms with Gasteiger partial charge in [-0.3, -0.25) is 4.79 Å². The fraction of sp³-hybridized carbons (Fsp3) is 0.909. The smallest absolute Gasteiger partial charge is 0.238 e. The molecule has 1 atom stereocenters. The average molecular weight is 276 g/mol. The van der Waals surface area contributed by atoms with Crippen molar-refractivity contribution >= 4 is 15.9 Å². The van der Waals surface area contributed by atoms with Crippen molar-refractivity contribution in [2.75, 3.05) is 19.3 Å². The van der Waals surface area contributed by atoms with E-state index in [0.717, 1.165) is 25.5 Å². The summed E-state index contributed by atoms with van der Waals surface area (Å²) in [5, 5.41) is 11.9. The Hall–Kier alpha value is -0.660. The van der Waals surface area contributed by atoms with Crippen LogP contribution >= 0.6 is 0 Å². The summed E-state index contributed by atoms with van der Waals surface area (Å²) in [5.41, 5.74) is 0. The van der Waals surface area contributed by atoms with Gasteiger partial charge in [-0.25, -0.2) is 8.42 Å². The highest BCUT2D eigenvalue weighted by atomic mass is 32.2. The van der Waals surface area contributed by atoms with Crippen LogP contribution in [-0.2, 0) is 14.8 Å². The Morgan fingerprint density at radius 2 is 2.11 bits per heavy atom. The Morgan fingerprint density at radius 1 is 1.44 bits per heavy atom. The number of carbonyl (C=O) groups excluding carboxylic acids is 1. The van der Waals surface area contributed by atoms with Crippen molar-refractivity contribution in [2.24, 2.45) is 5.92 Å². The van der Waals surface area contributed by atoms with E-state index in [4.69, 9.17) is 5.11 Å². The maximum absolute atomic E-state index is 11.9. The maximum atomic E-state index is 11.9. The Balaban J connectivity index is 1.84. The zero-order valence-electron chi connectivity index (χ0n) is 10.5. The van der Waals surface area contributed by atoms with Crippen LogP contribution in [0.5, 0.6) is 0 Å². The van der Waals surface area contributed by atoms with E-state index in [1.54, 1.807) is 0 Å². The number of amides is 1. The van der Waals surface area contributed by atoms with Gasteiger partial charge in [0.1, 0.15) is 6.04 Å². The quantitative estimate of drug-likeness (QED) is 0.711. The average Bonchev–Trinajstić information content (AvgIpc) is 2.70. The van der Waals surface area contributed by atoms with Crippen LogP contribution in [0.4, 0.5) is 0 Å². The molecule has 7 heteroatoms. The second-order valence-corrected chi connectivity index (χ2v) is 7.20. The Morgan fingerprint density at radius 3 is 2.67 bits per heavy atom. The van der Waals surface area contributed by atoms with Gasteiger partial charge >= 0.3 is 0 Å². The summed E-state index contributed by atoms with van der Waals surface area (Å²) in [6.45, 7) is 0.961. The zero-order valence-corrected chi connectivity index (χ0v) is 11.3. The lowest BCUT2D eigenvalue weighted by Crippen LogP contribution is -2.48. The number of aliphatic hydroxyl groups is 1. The third-order valence-corrected chi connectivity index (χ3v) is 5.00. The van der Waals surface area contributed by atoms with E-state index >= 15 is 0 Å². The SMILES string of the molecule is CS(=O)(=O)N1CCCC1C(=O)NCC1CC(O)C1. The Labute approximate surface area is 107 Å². The normalized spacial score (nSPS) is 33.1. The van der Waals surface area contributed by atoms with Gasteiger partial charge in [-0.15, -0.1) is 0 Å². The molecule has 104 valence electrons. The van der Waals surface area contributed by atoms with E-state index in [2.05, 4.69) is 5.32 Å². The van der Waals surface area contributed by atoms with Crippen LogP contribution in [0.25, 0.3) is 0 Å². The number of hydrogen-bond donors (Lipinski definition) is 2. The van der Waals surface area contributed by atoms with Gasteiger partial charge < -0.3 is 10.4 Å². The van der Waals surface area contributed by atoms with E-state index in [1.807, 2.05) is 0 Å². The van der Waals surface area contributed by atoms with Crippen molar-refractivity contribution in [3.05, 3.63) is 0 Å². The first-order chi connectivity index (χ1) is 8.38. The fourth-order valence-electron chi connectivity index (χ4n) is 2.63. The van der Waals surface area contributed by atoms with Crippen LogP contribution < -0.4 is 5.32 Å². The summed E-state index contributed by atoms with van der Waals surface area (Å²) in [4.78, 5) is 11.9. The largest absolute Gasteiger partial charge is 0.393 e. The summed E-state index contributed by atoms with van der Waals surface area (Å²) in [6, 6.07) is -0.551. The standard InChI is InChI=1S/C11H20N2O4S/c1-18(16,17)13-4-2-3-10(13)11(15)12-7-8-5-9(14)6-8/h8-10,14H,2-7H2,1H3,(H,12,15). The van der Waals surface area contributed by atoms with Crippen molar-refractivity contribution in [1.82, 2.24) is 9.62 Å². The molecule has 0 spiro atoms. The molecule has 1 saturated carbocycles. The molecule has 1 aliphatic heterocycles. The van der Waals surface area contributed by atoms with Crippen molar-refractivity contribution in [2.45, 2.75) is 37.8 Å². The van der Waals surface area contributed by atoms with Crippen molar-refractivity contribution in [1.29, 1.82) is 0 Å². The van der Waals surface area contributed by atoms with Crippen molar-refractivity contribution in [3.63, 3.8) is 0 Å². The molecule has 2 aliphatic rings. The molecule has 2 rings (SSSR count). The van der Waals surface area contributed by atoms with Crippen LogP contribution in [0.1, 0.15) is 25.7 Å². The minimum Gasteiger partial charge on any atom is -0.393 e. The monoisotopic (exact) mass is 276 g/mol. The topological polar surface area (TPSA) is 86.7 Å². The van der Waals surface area contributed by atoms with Crippen molar-refractivity contribution < 1.29 is 18.3 Å². The van der Waals surface area contributed by atoms with Crippen LogP contribution in [0.2, 0.25) is 0 Å². The second-order valence-electron chi connectivity index (χ2n) is 5.27. The molecular weight excluding hydrogens is 256 g/mol. The van der Waals surface area contributed by atoms with Gasteiger partial charge in [0.2, 0.25) is 15.9 Å². The van der Waals surface area contributed by atoms with Gasteiger partial charge in [-0.1, -0.05) is 0 Å². The van der Waals surface area contributed by atoms with Crippen LogP contribution in [0.3, 0.4) is 0 Å². The third-order valence-electron chi connectivity index (χ3n) is 3.71. The molecule has 0 aromatic carbocycles. The van der Waals surface area contributed by atoms with Crippen LogP contribution in [-0.4, -0.2) is 55.2 Å². The van der Waals surface area contributed by atoms with Crippen LogP contribution in [0.15, 0.2) is 0 Å². The highest BCUT2D eigenvalue weighted by Gasteiger charge is 2.37. The Bertz CT molecular complexity index is 417. The predicted octanol–water partition coefficient (Wildman–Crippen LogP) is -0.702. The maximum Gasteiger partial charge on any atom is 0.238 e. The number of hydrogen-bond acceptors (Lipinski definition) is 4. The molecule has 0 aromatic heterocycles. The molecule has 1 unspecified atom stereocenters. The fourth-order valence-corrected chi connectivity index (χ4v) is 3.75. The highest BCUT2D eigenvalue weighted by Crippen LogP contribution is 2.26. The minimum absolute atomic E-state index is 0.209. The Kier molecular flexibility index (Phi) is 3.93. The summed E-state index contributed by atoms with van der Waals surface area (Å²) in [5.74, 6) is 0.122. The number of carbonyl (C=O) groups is 1. The lowest BCUT2D eigenvalue weighted by molar-refractivity contribution is -0.124. The molecule has 0 radical (unpaired) electrons. The molecule has 0 bridgehead atoms. The molecule has 1 heterocycles. The molecule has 1 saturated heterocycles. The van der Waals surface area contributed by atoms with Gasteiger partial charge in [-0.2, -0.15) is 4.31 Å². The molecule has 0 aromatic rings. The first kappa shape index (κ1) is 13.8. The van der Waals surface area contributed by atoms with E-state index in [0.29, 0.717) is 25.4 Å². The molecule has 1 aliphatic carbocycles. The molecular formula is C11H20N2O4S. The third kappa shape index (κ3) is 3.02. The number of nitrogens with one attached hydrogen (secondary N) is 1. The zero-order chi connectivity index (χ0) is 13.3. The van der Waals surface area contributed by atoms with Crippen LogP contribution in [0, 0.1) is 5.92 Å². The number of aliphatic hydroxyl groups excluding tert-OH is 1. The second kappa shape index (κ2) is 5.14. The van der Waals surface area contributed by atoms with E-state index in [1.165, 1.54) is 4.31 Å². The summed E-state index contributed by atoms with van der Waals surface area (Å²) in [6.07, 6.45) is 3.67. The lowest BCUT2D eigenvalue weighted by atomic mass is 9.82. The molecule has 6 nitrogen and oxygen atoms in total. The molecule has 2 N–H and O–H groups in total. The van der Waals surface area contributed by atoms with Gasteiger partial charge in [-0.05, 0) is 31.6 Å². The summed E-state index contributed by atoms with van der Waals surface area (Å²) in [7, 11) is -3.30. The molecule has 1 amide bonds. The number of sulfonamides is 1. The first-order valence-corrected chi connectivity index (χ1v) is 8.15. The predicted molar refractivity (Wildman–Crippen MR) is 66.3 cm³/mol. The van der Waals surface area contributed by atoms with Gasteiger partial charge in [0.25, 0.3) is 0 Å². The lowest BCUT2D eigenvalue weighted by Gasteiger charge is -2.32. The highest BCUT2D eigenvalue weighted by molar-refractivity contribution is 7.88. The molecule has 18 heavy (non-hydrogen) atoms.